The highest BCUT2D eigenvalue weighted by Gasteiger charge is 2.10. The Balaban J connectivity index is 2.36. The zero-order valence-electron chi connectivity index (χ0n) is 8.91. The summed E-state index contributed by atoms with van der Waals surface area (Å²) in [6.07, 6.45) is 2.06. The van der Waals surface area contributed by atoms with E-state index >= 15 is 0 Å². The van der Waals surface area contributed by atoms with Crippen molar-refractivity contribution in [1.29, 1.82) is 0 Å². The molecule has 0 aliphatic heterocycles. The van der Waals surface area contributed by atoms with E-state index in [0.717, 1.165) is 18.1 Å². The fourth-order valence-electron chi connectivity index (χ4n) is 1.07. The van der Waals surface area contributed by atoms with E-state index in [0.29, 0.717) is 6.54 Å². The first-order valence-corrected chi connectivity index (χ1v) is 6.04. The van der Waals surface area contributed by atoms with Gasteiger partial charge in [0.2, 0.25) is 5.76 Å². The number of methoxy groups -OCH3 is 1. The fourth-order valence-corrected chi connectivity index (χ4v) is 1.42. The Hall–Kier alpha value is -0.940. The highest BCUT2D eigenvalue weighted by atomic mass is 32.2. The van der Waals surface area contributed by atoms with Crippen LogP contribution in [-0.4, -0.2) is 31.6 Å². The van der Waals surface area contributed by atoms with Gasteiger partial charge in [0.25, 0.3) is 0 Å². The van der Waals surface area contributed by atoms with Gasteiger partial charge in [0, 0.05) is 12.3 Å². The molecule has 1 heterocycles. The monoisotopic (exact) mass is 229 g/mol. The van der Waals surface area contributed by atoms with E-state index < -0.39 is 5.97 Å². The zero-order chi connectivity index (χ0) is 11.1. The zero-order valence-corrected chi connectivity index (χ0v) is 9.73. The largest absolute Gasteiger partial charge is 0.463 e. The summed E-state index contributed by atoms with van der Waals surface area (Å²) in [4.78, 5) is 11.1. The standard InChI is InChI=1S/C10H15NO3S/c1-13-10(12)9-4-3-8(14-9)7-11-5-6-15-2/h3-4,11H,5-7H2,1-2H3. The van der Waals surface area contributed by atoms with Gasteiger partial charge < -0.3 is 14.5 Å². The second kappa shape index (κ2) is 6.53. The number of carbonyl (C=O) groups is 1. The van der Waals surface area contributed by atoms with Gasteiger partial charge in [-0.25, -0.2) is 4.79 Å². The first kappa shape index (κ1) is 12.1. The molecule has 0 spiro atoms. The van der Waals surface area contributed by atoms with Crippen molar-refractivity contribution < 1.29 is 13.9 Å². The molecule has 15 heavy (non-hydrogen) atoms. The lowest BCUT2D eigenvalue weighted by atomic mass is 10.4. The molecule has 0 radical (unpaired) electrons. The van der Waals surface area contributed by atoms with Crippen LogP contribution >= 0.6 is 11.8 Å². The van der Waals surface area contributed by atoms with Crippen molar-refractivity contribution in [1.82, 2.24) is 5.32 Å². The number of carbonyl (C=O) groups excluding carboxylic acids is 1. The van der Waals surface area contributed by atoms with Crippen molar-refractivity contribution in [3.63, 3.8) is 0 Å². The Morgan fingerprint density at radius 1 is 1.60 bits per heavy atom. The van der Waals surface area contributed by atoms with Crippen LogP contribution in [0.1, 0.15) is 16.3 Å². The average molecular weight is 229 g/mol. The van der Waals surface area contributed by atoms with Crippen molar-refractivity contribution in [2.45, 2.75) is 6.54 Å². The summed E-state index contributed by atoms with van der Waals surface area (Å²) in [6, 6.07) is 3.40. The molecule has 5 heteroatoms. The van der Waals surface area contributed by atoms with E-state index in [-0.39, 0.29) is 5.76 Å². The first-order valence-electron chi connectivity index (χ1n) is 4.64. The Morgan fingerprint density at radius 3 is 3.07 bits per heavy atom. The highest BCUT2D eigenvalue weighted by molar-refractivity contribution is 7.98. The second-order valence-electron chi connectivity index (χ2n) is 2.93. The third kappa shape index (κ3) is 3.97. The lowest BCUT2D eigenvalue weighted by molar-refractivity contribution is 0.0563. The van der Waals surface area contributed by atoms with Gasteiger partial charge in [-0.1, -0.05) is 0 Å². The molecule has 0 bridgehead atoms. The fraction of sp³-hybridized carbons (Fsp3) is 0.500. The van der Waals surface area contributed by atoms with Gasteiger partial charge in [-0.15, -0.1) is 0 Å². The molecule has 0 saturated carbocycles. The van der Waals surface area contributed by atoms with E-state index in [2.05, 4.69) is 16.3 Å². The summed E-state index contributed by atoms with van der Waals surface area (Å²) in [5.74, 6) is 1.62. The minimum atomic E-state index is -0.439. The number of hydrogen-bond donors (Lipinski definition) is 1. The molecule has 0 saturated heterocycles. The molecule has 0 aliphatic rings. The Bertz CT molecular complexity index is 311. The number of furan rings is 1. The Kier molecular flexibility index (Phi) is 5.28. The normalized spacial score (nSPS) is 10.3. The van der Waals surface area contributed by atoms with Crippen LogP contribution < -0.4 is 5.32 Å². The summed E-state index contributed by atoms with van der Waals surface area (Å²) in [5, 5.41) is 3.21. The van der Waals surface area contributed by atoms with E-state index in [1.807, 2.05) is 0 Å². The molecule has 0 fully saturated rings. The van der Waals surface area contributed by atoms with Crippen molar-refractivity contribution in [2.75, 3.05) is 25.7 Å². The van der Waals surface area contributed by atoms with Crippen LogP contribution in [-0.2, 0) is 11.3 Å². The van der Waals surface area contributed by atoms with Crippen LogP contribution in [0.15, 0.2) is 16.5 Å². The average Bonchev–Trinajstić information content (AvgIpc) is 2.72. The molecule has 0 unspecified atom stereocenters. The summed E-state index contributed by atoms with van der Waals surface area (Å²) < 4.78 is 9.81. The molecule has 0 aromatic carbocycles. The van der Waals surface area contributed by atoms with Crippen LogP contribution in [0, 0.1) is 0 Å². The Labute approximate surface area is 93.4 Å². The first-order chi connectivity index (χ1) is 7.27. The predicted octanol–water partition coefficient (Wildman–Crippen LogP) is 1.52. The minimum absolute atomic E-state index is 0.249. The summed E-state index contributed by atoms with van der Waals surface area (Å²) in [7, 11) is 1.33. The van der Waals surface area contributed by atoms with E-state index in [1.165, 1.54) is 7.11 Å². The molecule has 0 atom stereocenters. The molecule has 84 valence electrons. The predicted molar refractivity (Wildman–Crippen MR) is 60.1 cm³/mol. The van der Waals surface area contributed by atoms with Gasteiger partial charge in [0.05, 0.1) is 13.7 Å². The minimum Gasteiger partial charge on any atom is -0.463 e. The van der Waals surface area contributed by atoms with Gasteiger partial charge in [0.15, 0.2) is 0 Å². The van der Waals surface area contributed by atoms with Gasteiger partial charge in [0.1, 0.15) is 5.76 Å². The van der Waals surface area contributed by atoms with E-state index in [1.54, 1.807) is 23.9 Å². The van der Waals surface area contributed by atoms with Crippen LogP contribution in [0.5, 0.6) is 0 Å². The number of esters is 1. The molecular weight excluding hydrogens is 214 g/mol. The van der Waals surface area contributed by atoms with Gasteiger partial charge in [-0.2, -0.15) is 11.8 Å². The topological polar surface area (TPSA) is 51.5 Å². The number of thioether (sulfide) groups is 1. The maximum Gasteiger partial charge on any atom is 0.373 e. The van der Waals surface area contributed by atoms with Crippen molar-refractivity contribution >= 4 is 17.7 Å². The number of rotatable bonds is 6. The third-order valence-corrected chi connectivity index (χ3v) is 2.44. The third-order valence-electron chi connectivity index (χ3n) is 1.83. The highest BCUT2D eigenvalue weighted by Crippen LogP contribution is 2.08. The SMILES string of the molecule is COC(=O)c1ccc(CNCCSC)o1. The molecule has 0 aliphatic carbocycles. The summed E-state index contributed by atoms with van der Waals surface area (Å²) in [5.41, 5.74) is 0. The lowest BCUT2D eigenvalue weighted by Gasteiger charge is -2.00. The second-order valence-corrected chi connectivity index (χ2v) is 3.91. The number of ether oxygens (including phenoxy) is 1. The lowest BCUT2D eigenvalue weighted by Crippen LogP contribution is -2.15. The van der Waals surface area contributed by atoms with Gasteiger partial charge in [-0.3, -0.25) is 0 Å². The number of hydrogen-bond acceptors (Lipinski definition) is 5. The van der Waals surface area contributed by atoms with Crippen molar-refractivity contribution in [3.8, 4) is 0 Å². The molecule has 1 aromatic rings. The molecule has 1 N–H and O–H groups in total. The maximum atomic E-state index is 11.1. The van der Waals surface area contributed by atoms with Gasteiger partial charge in [-0.05, 0) is 18.4 Å². The molecular formula is C10H15NO3S. The maximum absolute atomic E-state index is 11.1. The van der Waals surface area contributed by atoms with Crippen LogP contribution in [0.4, 0.5) is 0 Å². The van der Waals surface area contributed by atoms with Crippen LogP contribution in [0.2, 0.25) is 0 Å². The van der Waals surface area contributed by atoms with E-state index in [9.17, 15) is 4.79 Å². The molecule has 0 amide bonds. The van der Waals surface area contributed by atoms with E-state index in [4.69, 9.17) is 4.42 Å². The molecule has 1 rings (SSSR count). The Morgan fingerprint density at radius 2 is 2.40 bits per heavy atom. The quantitative estimate of drug-likeness (QED) is 0.592. The summed E-state index contributed by atoms with van der Waals surface area (Å²) in [6.45, 7) is 1.56. The summed E-state index contributed by atoms with van der Waals surface area (Å²) >= 11 is 1.78. The van der Waals surface area contributed by atoms with Crippen LogP contribution in [0.25, 0.3) is 0 Å². The van der Waals surface area contributed by atoms with Gasteiger partial charge >= 0.3 is 5.97 Å². The molecule has 4 nitrogen and oxygen atoms in total. The molecule has 1 aromatic heterocycles. The van der Waals surface area contributed by atoms with Crippen LogP contribution in [0.3, 0.4) is 0 Å². The smallest absolute Gasteiger partial charge is 0.373 e. The van der Waals surface area contributed by atoms with Crippen molar-refractivity contribution in [3.05, 3.63) is 23.7 Å². The number of nitrogens with one attached hydrogen (secondary N) is 1. The van der Waals surface area contributed by atoms with Crippen molar-refractivity contribution in [2.24, 2.45) is 0 Å².